The molecule has 0 fully saturated rings. The lowest BCUT2D eigenvalue weighted by atomic mass is 10.5. The minimum Gasteiger partial charge on any atom is -0.448 e. The lowest BCUT2D eigenvalue weighted by molar-refractivity contribution is 0.115. The summed E-state index contributed by atoms with van der Waals surface area (Å²) >= 11 is 0. The van der Waals surface area contributed by atoms with E-state index in [1.54, 1.807) is 0 Å². The Kier molecular flexibility index (Phi) is 11.6. The third kappa shape index (κ3) is 11.6. The van der Waals surface area contributed by atoms with Gasteiger partial charge in [0.15, 0.2) is 0 Å². The molecule has 0 aromatic rings. The van der Waals surface area contributed by atoms with Crippen molar-refractivity contribution in [1.29, 1.82) is 0 Å². The molecule has 2 amide bonds. The molecule has 0 aliphatic carbocycles. The fourth-order valence-electron chi connectivity index (χ4n) is 1.26. The number of rotatable bonds is 10. The van der Waals surface area contributed by atoms with Crippen LogP contribution in [0.4, 0.5) is 9.59 Å². The largest absolute Gasteiger partial charge is 0.448 e. The van der Waals surface area contributed by atoms with E-state index < -0.39 is 12.2 Å². The fraction of sp³-hybridized carbons (Fsp3) is 0.846. The summed E-state index contributed by atoms with van der Waals surface area (Å²) in [5.74, 6) is 0. The monoisotopic (exact) mass is 289 g/mol. The fourth-order valence-corrected chi connectivity index (χ4v) is 1.26. The summed E-state index contributed by atoms with van der Waals surface area (Å²) in [6.07, 6.45) is 0.977. The molecule has 20 heavy (non-hydrogen) atoms. The molecule has 0 aromatic heterocycles. The Bertz CT molecular complexity index is 248. The Morgan fingerprint density at radius 3 is 1.65 bits per heavy atom. The SMILES string of the molecule is CCCNC(=O)OCCN(C)CCOC(=O)NCCC. The van der Waals surface area contributed by atoms with Crippen molar-refractivity contribution < 1.29 is 19.1 Å². The molecule has 0 aliphatic heterocycles. The molecule has 0 heterocycles. The molecule has 0 saturated heterocycles. The van der Waals surface area contributed by atoms with Gasteiger partial charge >= 0.3 is 12.2 Å². The molecule has 0 unspecified atom stereocenters. The van der Waals surface area contributed by atoms with Crippen molar-refractivity contribution in [2.24, 2.45) is 0 Å². The Balaban J connectivity index is 3.47. The van der Waals surface area contributed by atoms with E-state index in [9.17, 15) is 9.59 Å². The molecule has 7 heteroatoms. The Hall–Kier alpha value is -1.50. The molecule has 0 saturated carbocycles. The van der Waals surface area contributed by atoms with Crippen molar-refractivity contribution in [3.63, 3.8) is 0 Å². The Labute approximate surface area is 121 Å². The highest BCUT2D eigenvalue weighted by Crippen LogP contribution is 1.87. The molecule has 0 bridgehead atoms. The van der Waals surface area contributed by atoms with Crippen molar-refractivity contribution in [2.45, 2.75) is 26.7 Å². The smallest absolute Gasteiger partial charge is 0.407 e. The van der Waals surface area contributed by atoms with Crippen LogP contribution in [0.2, 0.25) is 0 Å². The third-order valence-electron chi connectivity index (χ3n) is 2.45. The van der Waals surface area contributed by atoms with Gasteiger partial charge in [-0.2, -0.15) is 0 Å². The molecular formula is C13H27N3O4. The maximum Gasteiger partial charge on any atom is 0.407 e. The second-order valence-electron chi connectivity index (χ2n) is 4.43. The Morgan fingerprint density at radius 1 is 0.900 bits per heavy atom. The minimum absolute atomic E-state index is 0.314. The zero-order chi connectivity index (χ0) is 15.2. The predicted octanol–water partition coefficient (Wildman–Crippen LogP) is 1.19. The zero-order valence-corrected chi connectivity index (χ0v) is 12.7. The van der Waals surface area contributed by atoms with E-state index >= 15 is 0 Å². The summed E-state index contributed by atoms with van der Waals surface area (Å²) in [6, 6.07) is 0. The Morgan fingerprint density at radius 2 is 1.30 bits per heavy atom. The molecule has 0 aliphatic rings. The van der Waals surface area contributed by atoms with Crippen LogP contribution in [0.1, 0.15) is 26.7 Å². The summed E-state index contributed by atoms with van der Waals surface area (Å²) in [6.45, 7) is 7.02. The van der Waals surface area contributed by atoms with Gasteiger partial charge in [-0.3, -0.25) is 4.90 Å². The van der Waals surface area contributed by atoms with Gasteiger partial charge in [0.25, 0.3) is 0 Å². The van der Waals surface area contributed by atoms with Crippen LogP contribution in [0.15, 0.2) is 0 Å². The summed E-state index contributed by atoms with van der Waals surface area (Å²) in [4.78, 5) is 24.2. The standard InChI is InChI=1S/C13H27N3O4/c1-4-6-14-12(17)19-10-8-16(3)9-11-20-13(18)15-7-5-2/h4-11H2,1-3H3,(H,14,17)(H,15,18). The van der Waals surface area contributed by atoms with Crippen molar-refractivity contribution in [3.05, 3.63) is 0 Å². The summed E-state index contributed by atoms with van der Waals surface area (Å²) in [5.41, 5.74) is 0. The number of hydrogen-bond acceptors (Lipinski definition) is 5. The maximum atomic E-state index is 11.2. The highest BCUT2D eigenvalue weighted by Gasteiger charge is 2.04. The van der Waals surface area contributed by atoms with E-state index in [2.05, 4.69) is 10.6 Å². The first-order valence-corrected chi connectivity index (χ1v) is 7.09. The quantitative estimate of drug-likeness (QED) is 0.631. The van der Waals surface area contributed by atoms with Crippen LogP contribution in [0.3, 0.4) is 0 Å². The molecular weight excluding hydrogens is 262 g/mol. The van der Waals surface area contributed by atoms with Crippen LogP contribution >= 0.6 is 0 Å². The van der Waals surface area contributed by atoms with Gasteiger partial charge in [0.2, 0.25) is 0 Å². The zero-order valence-electron chi connectivity index (χ0n) is 12.7. The first kappa shape index (κ1) is 18.5. The minimum atomic E-state index is -0.393. The van der Waals surface area contributed by atoms with Gasteiger partial charge in [0, 0.05) is 26.2 Å². The topological polar surface area (TPSA) is 79.9 Å². The van der Waals surface area contributed by atoms with Gasteiger partial charge < -0.3 is 20.1 Å². The first-order valence-electron chi connectivity index (χ1n) is 7.09. The lowest BCUT2D eigenvalue weighted by Crippen LogP contribution is -2.32. The molecule has 2 N–H and O–H groups in total. The summed E-state index contributed by atoms with van der Waals surface area (Å²) in [5, 5.41) is 5.25. The number of nitrogens with zero attached hydrogens (tertiary/aromatic N) is 1. The number of hydrogen-bond donors (Lipinski definition) is 2. The highest BCUT2D eigenvalue weighted by atomic mass is 16.6. The van der Waals surface area contributed by atoms with Crippen molar-refractivity contribution in [3.8, 4) is 0 Å². The average molecular weight is 289 g/mol. The van der Waals surface area contributed by atoms with Gasteiger partial charge in [-0.05, 0) is 19.9 Å². The van der Waals surface area contributed by atoms with Crippen LogP contribution in [0.5, 0.6) is 0 Å². The second kappa shape index (κ2) is 12.5. The number of alkyl carbamates (subject to hydrolysis) is 2. The summed E-state index contributed by atoms with van der Waals surface area (Å²) in [7, 11) is 1.88. The molecule has 118 valence electrons. The van der Waals surface area contributed by atoms with Crippen molar-refractivity contribution in [2.75, 3.05) is 46.4 Å². The van der Waals surface area contributed by atoms with Gasteiger partial charge in [0.05, 0.1) is 0 Å². The second-order valence-corrected chi connectivity index (χ2v) is 4.43. The van der Waals surface area contributed by atoms with Crippen LogP contribution in [-0.4, -0.2) is 63.5 Å². The number of amides is 2. The maximum absolute atomic E-state index is 11.2. The van der Waals surface area contributed by atoms with E-state index in [1.807, 2.05) is 25.8 Å². The molecule has 0 rings (SSSR count). The van der Waals surface area contributed by atoms with Crippen molar-refractivity contribution in [1.82, 2.24) is 15.5 Å². The number of carbonyl (C=O) groups excluding carboxylic acids is 2. The molecule has 7 nitrogen and oxygen atoms in total. The predicted molar refractivity (Wildman–Crippen MR) is 76.8 cm³/mol. The van der Waals surface area contributed by atoms with Crippen LogP contribution in [0, 0.1) is 0 Å². The molecule has 0 atom stereocenters. The molecule has 0 radical (unpaired) electrons. The number of carbonyl (C=O) groups is 2. The van der Waals surface area contributed by atoms with Gasteiger partial charge in [-0.15, -0.1) is 0 Å². The van der Waals surface area contributed by atoms with E-state index in [-0.39, 0.29) is 0 Å². The van der Waals surface area contributed by atoms with Crippen LogP contribution in [-0.2, 0) is 9.47 Å². The van der Waals surface area contributed by atoms with Gasteiger partial charge in [-0.1, -0.05) is 13.8 Å². The highest BCUT2D eigenvalue weighted by molar-refractivity contribution is 5.67. The lowest BCUT2D eigenvalue weighted by Gasteiger charge is -2.16. The van der Waals surface area contributed by atoms with E-state index in [0.29, 0.717) is 39.4 Å². The van der Waals surface area contributed by atoms with E-state index in [4.69, 9.17) is 9.47 Å². The first-order chi connectivity index (χ1) is 9.60. The van der Waals surface area contributed by atoms with Crippen molar-refractivity contribution >= 4 is 12.2 Å². The van der Waals surface area contributed by atoms with E-state index in [0.717, 1.165) is 12.8 Å². The summed E-state index contributed by atoms with van der Waals surface area (Å²) < 4.78 is 9.97. The van der Waals surface area contributed by atoms with Crippen LogP contribution < -0.4 is 10.6 Å². The number of likely N-dealkylation sites (N-methyl/N-ethyl adjacent to an activating group) is 1. The van der Waals surface area contributed by atoms with Gasteiger partial charge in [0.1, 0.15) is 13.2 Å². The normalized spacial score (nSPS) is 10.2. The van der Waals surface area contributed by atoms with E-state index in [1.165, 1.54) is 0 Å². The van der Waals surface area contributed by atoms with Gasteiger partial charge in [-0.25, -0.2) is 9.59 Å². The molecule has 0 aromatic carbocycles. The average Bonchev–Trinajstić information content (AvgIpc) is 2.42. The molecule has 0 spiro atoms. The number of nitrogens with one attached hydrogen (secondary N) is 2. The van der Waals surface area contributed by atoms with Crippen LogP contribution in [0.25, 0.3) is 0 Å². The number of ether oxygens (including phenoxy) is 2. The third-order valence-corrected chi connectivity index (χ3v) is 2.45.